The second-order valence-electron chi connectivity index (χ2n) is 4.75. The minimum atomic E-state index is -0.461. The lowest BCUT2D eigenvalue weighted by atomic mass is 9.91. The van der Waals surface area contributed by atoms with Gasteiger partial charge in [0.1, 0.15) is 0 Å². The van der Waals surface area contributed by atoms with Gasteiger partial charge in [0.2, 0.25) is 0 Å². The number of hydrogen-bond donors (Lipinski definition) is 1. The lowest BCUT2D eigenvalue weighted by Crippen LogP contribution is -2.20. The maximum Gasteiger partial charge on any atom is 0.270 e. The molecule has 1 fully saturated rings. The molecule has 0 bridgehead atoms. The summed E-state index contributed by atoms with van der Waals surface area (Å²) in [7, 11) is 0. The van der Waals surface area contributed by atoms with Gasteiger partial charge >= 0.3 is 0 Å². The Morgan fingerprint density at radius 1 is 1.59 bits per heavy atom. The summed E-state index contributed by atoms with van der Waals surface area (Å²) in [5.74, 6) is 0. The van der Waals surface area contributed by atoms with Gasteiger partial charge in [-0.25, -0.2) is 0 Å². The van der Waals surface area contributed by atoms with E-state index < -0.39 is 4.92 Å². The third kappa shape index (κ3) is 2.42. The van der Waals surface area contributed by atoms with E-state index >= 15 is 0 Å². The molecular weight excluding hydrogens is 242 g/mol. The van der Waals surface area contributed by atoms with Gasteiger partial charge in [-0.15, -0.1) is 0 Å². The standard InChI is InChI=1S/C12H14ClNO3/c1-8(15)12(4-5-12)7-9-2-3-10(14(16)17)6-11(9)13/h2-3,6,8,15H,4-5,7H2,1H3. The zero-order valence-corrected chi connectivity index (χ0v) is 10.3. The number of aliphatic hydroxyl groups is 1. The number of nitrogens with zero attached hydrogens (tertiary/aromatic N) is 1. The summed E-state index contributed by atoms with van der Waals surface area (Å²) < 4.78 is 0. The summed E-state index contributed by atoms with van der Waals surface area (Å²) in [5.41, 5.74) is 0.802. The third-order valence-corrected chi connectivity index (χ3v) is 3.92. The van der Waals surface area contributed by atoms with Crippen LogP contribution in [0.1, 0.15) is 25.3 Å². The van der Waals surface area contributed by atoms with Crippen LogP contribution in [-0.2, 0) is 6.42 Å². The number of nitro groups is 1. The molecule has 0 spiro atoms. The zero-order chi connectivity index (χ0) is 12.6. The molecule has 0 aliphatic heterocycles. The first-order valence-corrected chi connectivity index (χ1v) is 5.93. The molecule has 0 amide bonds. The molecule has 0 radical (unpaired) electrons. The molecule has 4 nitrogen and oxygen atoms in total. The summed E-state index contributed by atoms with van der Waals surface area (Å²) in [6.45, 7) is 1.78. The Morgan fingerprint density at radius 2 is 2.24 bits per heavy atom. The molecule has 1 aliphatic carbocycles. The van der Waals surface area contributed by atoms with Crippen LogP contribution in [0.3, 0.4) is 0 Å². The summed E-state index contributed by atoms with van der Waals surface area (Å²) in [4.78, 5) is 10.1. The van der Waals surface area contributed by atoms with Gasteiger partial charge in [0, 0.05) is 17.5 Å². The zero-order valence-electron chi connectivity index (χ0n) is 9.52. The minimum Gasteiger partial charge on any atom is -0.393 e. The Bertz CT molecular complexity index is 455. The van der Waals surface area contributed by atoms with Crippen LogP contribution in [0, 0.1) is 15.5 Å². The van der Waals surface area contributed by atoms with Crippen LogP contribution in [0.4, 0.5) is 5.69 Å². The van der Waals surface area contributed by atoms with Crippen LogP contribution in [-0.4, -0.2) is 16.1 Å². The van der Waals surface area contributed by atoms with Crippen molar-refractivity contribution in [2.24, 2.45) is 5.41 Å². The van der Waals surface area contributed by atoms with Crippen LogP contribution in [0.25, 0.3) is 0 Å². The summed E-state index contributed by atoms with van der Waals surface area (Å²) >= 11 is 6.03. The predicted octanol–water partition coefficient (Wildman–Crippen LogP) is 2.95. The normalized spacial score (nSPS) is 18.8. The lowest BCUT2D eigenvalue weighted by Gasteiger charge is -2.19. The lowest BCUT2D eigenvalue weighted by molar-refractivity contribution is -0.384. The maximum absolute atomic E-state index is 10.6. The van der Waals surface area contributed by atoms with Gasteiger partial charge in [-0.2, -0.15) is 0 Å². The third-order valence-electron chi connectivity index (χ3n) is 3.57. The Balaban J connectivity index is 2.20. The maximum atomic E-state index is 10.6. The van der Waals surface area contributed by atoms with Crippen LogP contribution in [0.5, 0.6) is 0 Å². The van der Waals surface area contributed by atoms with E-state index in [0.717, 1.165) is 18.4 Å². The predicted molar refractivity (Wildman–Crippen MR) is 65.2 cm³/mol. The van der Waals surface area contributed by atoms with Gasteiger partial charge < -0.3 is 5.11 Å². The summed E-state index contributed by atoms with van der Waals surface area (Å²) in [6.07, 6.45) is 2.28. The van der Waals surface area contributed by atoms with E-state index in [4.69, 9.17) is 11.6 Å². The van der Waals surface area contributed by atoms with Gasteiger partial charge in [0.15, 0.2) is 0 Å². The number of hydrogen-bond acceptors (Lipinski definition) is 3. The highest BCUT2D eigenvalue weighted by atomic mass is 35.5. The highest BCUT2D eigenvalue weighted by Gasteiger charge is 2.46. The van der Waals surface area contributed by atoms with Crippen molar-refractivity contribution in [1.29, 1.82) is 0 Å². The second kappa shape index (κ2) is 4.27. The first-order chi connectivity index (χ1) is 7.94. The largest absolute Gasteiger partial charge is 0.393 e. The molecule has 92 valence electrons. The van der Waals surface area contributed by atoms with Crippen LogP contribution in [0.15, 0.2) is 18.2 Å². The highest BCUT2D eigenvalue weighted by molar-refractivity contribution is 6.31. The van der Waals surface area contributed by atoms with Crippen LogP contribution < -0.4 is 0 Å². The quantitative estimate of drug-likeness (QED) is 0.665. The SMILES string of the molecule is CC(O)C1(Cc2ccc([N+](=O)[O-])cc2Cl)CC1. The molecule has 1 aliphatic rings. The molecule has 2 rings (SSSR count). The number of rotatable bonds is 4. The van der Waals surface area contributed by atoms with Crippen molar-refractivity contribution >= 4 is 17.3 Å². The van der Waals surface area contributed by atoms with Gasteiger partial charge in [-0.05, 0) is 31.7 Å². The fourth-order valence-electron chi connectivity index (χ4n) is 2.08. The number of nitro benzene ring substituents is 1. The molecular formula is C12H14ClNO3. The fourth-order valence-corrected chi connectivity index (χ4v) is 2.32. The molecule has 1 aromatic carbocycles. The average Bonchev–Trinajstić information content (AvgIpc) is 3.02. The minimum absolute atomic E-state index is 0.000596. The number of benzene rings is 1. The van der Waals surface area contributed by atoms with E-state index in [1.165, 1.54) is 12.1 Å². The Morgan fingerprint density at radius 3 is 2.65 bits per heavy atom. The molecule has 1 unspecified atom stereocenters. The molecule has 0 heterocycles. The summed E-state index contributed by atoms with van der Waals surface area (Å²) in [5, 5.41) is 20.7. The van der Waals surface area contributed by atoms with Crippen molar-refractivity contribution < 1.29 is 10.0 Å². The van der Waals surface area contributed by atoms with E-state index in [-0.39, 0.29) is 17.2 Å². The summed E-state index contributed by atoms with van der Waals surface area (Å²) in [6, 6.07) is 4.51. The molecule has 1 saturated carbocycles. The van der Waals surface area contributed by atoms with E-state index in [9.17, 15) is 15.2 Å². The van der Waals surface area contributed by atoms with Gasteiger partial charge in [0.05, 0.1) is 16.0 Å². The van der Waals surface area contributed by atoms with Gasteiger partial charge in [-0.3, -0.25) is 10.1 Å². The van der Waals surface area contributed by atoms with Crippen molar-refractivity contribution in [3.63, 3.8) is 0 Å². The van der Waals surface area contributed by atoms with E-state index in [2.05, 4.69) is 0 Å². The van der Waals surface area contributed by atoms with E-state index in [0.29, 0.717) is 11.4 Å². The van der Waals surface area contributed by atoms with Crippen LogP contribution >= 0.6 is 11.6 Å². The van der Waals surface area contributed by atoms with Crippen molar-refractivity contribution in [1.82, 2.24) is 0 Å². The van der Waals surface area contributed by atoms with Crippen LogP contribution in [0.2, 0.25) is 5.02 Å². The average molecular weight is 256 g/mol. The molecule has 1 atom stereocenters. The molecule has 1 aromatic rings. The first-order valence-electron chi connectivity index (χ1n) is 5.55. The van der Waals surface area contributed by atoms with Crippen molar-refractivity contribution in [3.05, 3.63) is 38.9 Å². The monoisotopic (exact) mass is 255 g/mol. The molecule has 1 N–H and O–H groups in total. The highest BCUT2D eigenvalue weighted by Crippen LogP contribution is 2.51. The Labute approximate surface area is 104 Å². The number of non-ortho nitro benzene ring substituents is 1. The second-order valence-corrected chi connectivity index (χ2v) is 5.16. The number of halogens is 1. The topological polar surface area (TPSA) is 63.4 Å². The number of aliphatic hydroxyl groups excluding tert-OH is 1. The molecule has 0 aromatic heterocycles. The Hall–Kier alpha value is -1.13. The first kappa shape index (κ1) is 12.3. The van der Waals surface area contributed by atoms with Crippen molar-refractivity contribution in [2.75, 3.05) is 0 Å². The molecule has 5 heteroatoms. The van der Waals surface area contributed by atoms with Gasteiger partial charge in [0.25, 0.3) is 5.69 Å². The molecule has 0 saturated heterocycles. The van der Waals surface area contributed by atoms with Crippen molar-refractivity contribution in [3.8, 4) is 0 Å². The fraction of sp³-hybridized carbons (Fsp3) is 0.500. The van der Waals surface area contributed by atoms with Gasteiger partial charge in [-0.1, -0.05) is 17.7 Å². The van der Waals surface area contributed by atoms with E-state index in [1.807, 2.05) is 0 Å². The van der Waals surface area contributed by atoms with E-state index in [1.54, 1.807) is 13.0 Å². The smallest absolute Gasteiger partial charge is 0.270 e. The van der Waals surface area contributed by atoms with Crippen molar-refractivity contribution in [2.45, 2.75) is 32.3 Å². The molecule has 17 heavy (non-hydrogen) atoms. The Kier molecular flexibility index (Phi) is 3.10.